The summed E-state index contributed by atoms with van der Waals surface area (Å²) in [5.41, 5.74) is 1.15. The van der Waals surface area contributed by atoms with E-state index in [0.29, 0.717) is 20.5 Å². The third kappa shape index (κ3) is 3.01. The monoisotopic (exact) mass is 345 g/mol. The second-order valence-electron chi connectivity index (χ2n) is 4.78. The van der Waals surface area contributed by atoms with Crippen molar-refractivity contribution in [3.63, 3.8) is 0 Å². The fourth-order valence-corrected chi connectivity index (χ4v) is 3.37. The number of hydrogen-bond donors (Lipinski definition) is 3. The van der Waals surface area contributed by atoms with Gasteiger partial charge in [-0.25, -0.2) is 0 Å². The van der Waals surface area contributed by atoms with E-state index in [1.807, 2.05) is 0 Å². The van der Waals surface area contributed by atoms with Gasteiger partial charge in [0.2, 0.25) is 0 Å². The first-order valence-corrected chi connectivity index (χ1v) is 7.77. The molecule has 0 unspecified atom stereocenters. The van der Waals surface area contributed by atoms with Crippen LogP contribution in [-0.2, 0) is 4.79 Å². The summed E-state index contributed by atoms with van der Waals surface area (Å²) in [6, 6.07) is 10.5. The van der Waals surface area contributed by atoms with Crippen LogP contribution < -0.4 is 4.90 Å². The van der Waals surface area contributed by atoms with E-state index < -0.39 is 0 Å². The summed E-state index contributed by atoms with van der Waals surface area (Å²) in [4.78, 5) is 14.3. The third-order valence-electron chi connectivity index (χ3n) is 3.20. The number of rotatable bonds is 2. The topological polar surface area (TPSA) is 81.0 Å². The van der Waals surface area contributed by atoms with E-state index in [-0.39, 0.29) is 23.2 Å². The molecule has 7 heteroatoms. The molecule has 0 spiro atoms. The van der Waals surface area contributed by atoms with Crippen LogP contribution in [0.3, 0.4) is 0 Å². The van der Waals surface area contributed by atoms with Gasteiger partial charge in [-0.1, -0.05) is 30.0 Å². The zero-order valence-electron chi connectivity index (χ0n) is 11.6. The van der Waals surface area contributed by atoms with E-state index >= 15 is 0 Å². The first kappa shape index (κ1) is 15.4. The van der Waals surface area contributed by atoms with Crippen molar-refractivity contribution in [3.05, 3.63) is 52.9 Å². The highest BCUT2D eigenvalue weighted by Gasteiger charge is 2.33. The summed E-state index contributed by atoms with van der Waals surface area (Å²) >= 11 is 6.40. The van der Waals surface area contributed by atoms with Crippen LogP contribution >= 0.6 is 24.0 Å². The molecular formula is C16H11NO4S2. The standard InChI is InChI=1S/C16H11NO4S2/c18-11-4-2-10(3-5-11)17-15(21)14(23-16(17)22)8-9-1-6-12(19)13(20)7-9/h1-8,18-20H/b14-8-. The van der Waals surface area contributed by atoms with Crippen molar-refractivity contribution >= 4 is 46.0 Å². The van der Waals surface area contributed by atoms with Crippen LogP contribution in [0.2, 0.25) is 0 Å². The van der Waals surface area contributed by atoms with Crippen LogP contribution in [0.25, 0.3) is 6.08 Å². The smallest absolute Gasteiger partial charge is 0.270 e. The van der Waals surface area contributed by atoms with Crippen molar-refractivity contribution < 1.29 is 20.1 Å². The lowest BCUT2D eigenvalue weighted by molar-refractivity contribution is -0.113. The number of carbonyl (C=O) groups is 1. The van der Waals surface area contributed by atoms with Crippen LogP contribution in [-0.4, -0.2) is 25.5 Å². The molecule has 0 aliphatic carbocycles. The van der Waals surface area contributed by atoms with E-state index in [0.717, 1.165) is 11.8 Å². The summed E-state index contributed by atoms with van der Waals surface area (Å²) < 4.78 is 0.384. The lowest BCUT2D eigenvalue weighted by atomic mass is 10.2. The maximum absolute atomic E-state index is 12.5. The highest BCUT2D eigenvalue weighted by Crippen LogP contribution is 2.37. The first-order valence-electron chi connectivity index (χ1n) is 6.54. The molecule has 1 heterocycles. The molecule has 1 fully saturated rings. The van der Waals surface area contributed by atoms with E-state index in [1.54, 1.807) is 24.3 Å². The fraction of sp³-hybridized carbons (Fsp3) is 0. The van der Waals surface area contributed by atoms with Gasteiger partial charge in [0.1, 0.15) is 5.75 Å². The van der Waals surface area contributed by atoms with E-state index in [9.17, 15) is 20.1 Å². The summed E-state index contributed by atoms with van der Waals surface area (Å²) in [6.45, 7) is 0. The molecule has 0 radical (unpaired) electrons. The average Bonchev–Trinajstić information content (AvgIpc) is 2.79. The van der Waals surface area contributed by atoms with Crippen molar-refractivity contribution in [1.82, 2.24) is 0 Å². The Kier molecular flexibility index (Phi) is 3.97. The summed E-state index contributed by atoms with van der Waals surface area (Å²) in [5, 5.41) is 28.2. The van der Waals surface area contributed by atoms with Crippen molar-refractivity contribution in [2.24, 2.45) is 0 Å². The van der Waals surface area contributed by atoms with Gasteiger partial charge in [0.25, 0.3) is 5.91 Å². The minimum atomic E-state index is -0.279. The molecule has 1 aliphatic heterocycles. The molecule has 116 valence electrons. The number of thioether (sulfide) groups is 1. The largest absolute Gasteiger partial charge is 0.508 e. The number of carbonyl (C=O) groups excluding carboxylic acids is 1. The summed E-state index contributed by atoms with van der Waals surface area (Å²) in [7, 11) is 0. The van der Waals surface area contributed by atoms with Crippen LogP contribution in [0.5, 0.6) is 17.2 Å². The van der Waals surface area contributed by atoms with Gasteiger partial charge < -0.3 is 15.3 Å². The molecule has 0 bridgehead atoms. The molecule has 23 heavy (non-hydrogen) atoms. The Morgan fingerprint density at radius 1 is 1.00 bits per heavy atom. The van der Waals surface area contributed by atoms with E-state index in [4.69, 9.17) is 12.2 Å². The van der Waals surface area contributed by atoms with Crippen molar-refractivity contribution in [2.45, 2.75) is 0 Å². The maximum Gasteiger partial charge on any atom is 0.270 e. The lowest BCUT2D eigenvalue weighted by Crippen LogP contribution is -2.27. The zero-order valence-corrected chi connectivity index (χ0v) is 13.3. The van der Waals surface area contributed by atoms with Gasteiger partial charge in [0.15, 0.2) is 15.8 Å². The molecule has 0 atom stereocenters. The Hall–Kier alpha value is -2.51. The van der Waals surface area contributed by atoms with Crippen molar-refractivity contribution in [2.75, 3.05) is 4.90 Å². The van der Waals surface area contributed by atoms with Crippen LogP contribution in [0.15, 0.2) is 47.4 Å². The quantitative estimate of drug-likeness (QED) is 0.441. The highest BCUT2D eigenvalue weighted by molar-refractivity contribution is 8.27. The van der Waals surface area contributed by atoms with Gasteiger partial charge in [-0.05, 0) is 48.0 Å². The SMILES string of the molecule is O=C1/C(=C/c2ccc(O)c(O)c2)SC(=S)N1c1ccc(O)cc1. The van der Waals surface area contributed by atoms with Crippen LogP contribution in [0.1, 0.15) is 5.56 Å². The predicted octanol–water partition coefficient (Wildman–Crippen LogP) is 3.21. The number of aromatic hydroxyl groups is 3. The average molecular weight is 345 g/mol. The number of amides is 1. The fourth-order valence-electron chi connectivity index (χ4n) is 2.07. The molecule has 1 aliphatic rings. The zero-order chi connectivity index (χ0) is 16.6. The summed E-state index contributed by atoms with van der Waals surface area (Å²) in [5.74, 6) is -0.654. The Bertz CT molecular complexity index is 830. The molecular weight excluding hydrogens is 334 g/mol. The van der Waals surface area contributed by atoms with E-state index in [2.05, 4.69) is 0 Å². The molecule has 0 saturated carbocycles. The Balaban J connectivity index is 1.92. The lowest BCUT2D eigenvalue weighted by Gasteiger charge is -2.14. The molecule has 3 rings (SSSR count). The molecule has 3 N–H and O–H groups in total. The van der Waals surface area contributed by atoms with Gasteiger partial charge in [0, 0.05) is 0 Å². The number of anilines is 1. The summed E-state index contributed by atoms with van der Waals surface area (Å²) in [6.07, 6.45) is 1.60. The van der Waals surface area contributed by atoms with Gasteiger partial charge >= 0.3 is 0 Å². The van der Waals surface area contributed by atoms with E-state index in [1.165, 1.54) is 29.2 Å². The Labute approximate surface area is 141 Å². The second-order valence-corrected chi connectivity index (χ2v) is 6.46. The molecule has 5 nitrogen and oxygen atoms in total. The minimum absolute atomic E-state index is 0.106. The highest BCUT2D eigenvalue weighted by atomic mass is 32.2. The molecule has 0 aromatic heterocycles. The maximum atomic E-state index is 12.5. The van der Waals surface area contributed by atoms with Crippen molar-refractivity contribution in [1.29, 1.82) is 0 Å². The molecule has 2 aromatic rings. The van der Waals surface area contributed by atoms with Gasteiger partial charge in [-0.15, -0.1) is 0 Å². The molecule has 2 aromatic carbocycles. The number of phenols is 3. The van der Waals surface area contributed by atoms with Crippen LogP contribution in [0.4, 0.5) is 5.69 Å². The number of phenolic OH excluding ortho intramolecular Hbond substituents is 3. The predicted molar refractivity (Wildman–Crippen MR) is 93.5 cm³/mol. The number of hydrogen-bond acceptors (Lipinski definition) is 6. The number of nitrogens with zero attached hydrogens (tertiary/aromatic N) is 1. The number of benzene rings is 2. The number of thiocarbonyl (C=S) groups is 1. The molecule has 1 amide bonds. The normalized spacial score (nSPS) is 16.3. The molecule has 1 saturated heterocycles. The van der Waals surface area contributed by atoms with Gasteiger partial charge in [0.05, 0.1) is 10.6 Å². The minimum Gasteiger partial charge on any atom is -0.508 e. The second kappa shape index (κ2) is 5.94. The Morgan fingerprint density at radius 2 is 1.70 bits per heavy atom. The first-order chi connectivity index (χ1) is 11.0. The third-order valence-corrected chi connectivity index (χ3v) is 4.50. The van der Waals surface area contributed by atoms with Crippen LogP contribution in [0, 0.1) is 0 Å². The van der Waals surface area contributed by atoms with Crippen molar-refractivity contribution in [3.8, 4) is 17.2 Å². The Morgan fingerprint density at radius 3 is 2.35 bits per heavy atom. The van der Waals surface area contributed by atoms with Gasteiger partial charge in [-0.2, -0.15) is 0 Å². The van der Waals surface area contributed by atoms with Gasteiger partial charge in [-0.3, -0.25) is 9.69 Å².